The van der Waals surface area contributed by atoms with Gasteiger partial charge in [0.1, 0.15) is 5.75 Å². The Balaban J connectivity index is 0.000000423. The number of hydrogen-bond acceptors (Lipinski definition) is 3. The van der Waals surface area contributed by atoms with Crippen LogP contribution in [0, 0.1) is 0 Å². The van der Waals surface area contributed by atoms with E-state index >= 15 is 0 Å². The lowest BCUT2D eigenvalue weighted by Gasteiger charge is -1.93. The molecule has 0 aliphatic rings. The third-order valence-electron chi connectivity index (χ3n) is 1.18. The number of benzene rings is 1. The second kappa shape index (κ2) is 6.53. The number of aliphatic hydroxyl groups is 1. The number of aliphatic hydroxyl groups excluding tert-OH is 1. The Bertz CT molecular complexity index is 357. The van der Waals surface area contributed by atoms with E-state index in [2.05, 4.69) is 0 Å². The minimum atomic E-state index is -4.38. The molecular formula is C10H15FO3S. The zero-order valence-electron chi connectivity index (χ0n) is 8.72. The van der Waals surface area contributed by atoms with Gasteiger partial charge >= 0.3 is 10.2 Å². The van der Waals surface area contributed by atoms with Gasteiger partial charge in [-0.15, -0.1) is 3.89 Å². The molecule has 0 unspecified atom stereocenters. The highest BCUT2D eigenvalue weighted by atomic mass is 32.3. The summed E-state index contributed by atoms with van der Waals surface area (Å²) in [5.74, 6) is -0.534. The first-order chi connectivity index (χ1) is 6.81. The summed E-state index contributed by atoms with van der Waals surface area (Å²) < 4.78 is 32.3. The summed E-state index contributed by atoms with van der Waals surface area (Å²) in [5.41, 5.74) is 0.468. The molecule has 0 atom stereocenters. The standard InChI is InChI=1S/C7H7FO2S.C3H8O/c8-11(9,10)6-7-4-2-1-3-5-7;1-3(2)4/h1-5H,6H2;3-4H,1-2H3. The first-order valence-electron chi connectivity index (χ1n) is 4.45. The summed E-state index contributed by atoms with van der Waals surface area (Å²) in [4.78, 5) is 0. The van der Waals surface area contributed by atoms with Crippen molar-refractivity contribution in [2.45, 2.75) is 25.7 Å². The van der Waals surface area contributed by atoms with Crippen LogP contribution in [-0.2, 0) is 16.0 Å². The van der Waals surface area contributed by atoms with E-state index in [0.29, 0.717) is 5.56 Å². The maximum atomic E-state index is 12.0. The van der Waals surface area contributed by atoms with Crippen molar-refractivity contribution < 1.29 is 17.4 Å². The van der Waals surface area contributed by atoms with Crippen LogP contribution in [0.1, 0.15) is 19.4 Å². The molecule has 0 fully saturated rings. The summed E-state index contributed by atoms with van der Waals surface area (Å²) >= 11 is 0. The smallest absolute Gasteiger partial charge is 0.306 e. The Morgan fingerprint density at radius 3 is 2.00 bits per heavy atom. The molecule has 0 heterocycles. The van der Waals surface area contributed by atoms with Crippen molar-refractivity contribution in [1.82, 2.24) is 0 Å². The van der Waals surface area contributed by atoms with Crippen LogP contribution in [-0.4, -0.2) is 19.6 Å². The zero-order chi connectivity index (χ0) is 11.9. The highest BCUT2D eigenvalue weighted by Crippen LogP contribution is 2.05. The molecule has 1 rings (SSSR count). The van der Waals surface area contributed by atoms with E-state index in [1.54, 1.807) is 44.2 Å². The third kappa shape index (κ3) is 11.0. The summed E-state index contributed by atoms with van der Waals surface area (Å²) in [5, 5.41) is 8.06. The fourth-order valence-corrected chi connectivity index (χ4v) is 1.36. The highest BCUT2D eigenvalue weighted by Gasteiger charge is 2.06. The van der Waals surface area contributed by atoms with Crippen LogP contribution in [0.2, 0.25) is 0 Å². The Morgan fingerprint density at radius 1 is 1.27 bits per heavy atom. The highest BCUT2D eigenvalue weighted by molar-refractivity contribution is 7.85. The van der Waals surface area contributed by atoms with Crippen LogP contribution in [0.25, 0.3) is 0 Å². The van der Waals surface area contributed by atoms with Crippen LogP contribution < -0.4 is 0 Å². The van der Waals surface area contributed by atoms with Crippen LogP contribution in [0.15, 0.2) is 30.3 Å². The van der Waals surface area contributed by atoms with Gasteiger partial charge in [-0.05, 0) is 19.4 Å². The molecule has 1 aromatic rings. The fourth-order valence-electron chi connectivity index (χ4n) is 0.773. The van der Waals surface area contributed by atoms with Crippen molar-refractivity contribution in [3.05, 3.63) is 35.9 Å². The van der Waals surface area contributed by atoms with Gasteiger partial charge in [-0.3, -0.25) is 0 Å². The van der Waals surface area contributed by atoms with Gasteiger partial charge in [0, 0.05) is 6.10 Å². The molecule has 0 amide bonds. The molecule has 0 saturated carbocycles. The molecule has 86 valence electrons. The molecule has 0 aliphatic heterocycles. The first kappa shape index (κ1) is 14.1. The molecule has 15 heavy (non-hydrogen) atoms. The summed E-state index contributed by atoms with van der Waals surface area (Å²) in [6.07, 6.45) is -0.167. The Hall–Kier alpha value is -0.940. The number of rotatable bonds is 2. The monoisotopic (exact) mass is 234 g/mol. The predicted octanol–water partition coefficient (Wildman–Crippen LogP) is 1.87. The van der Waals surface area contributed by atoms with Gasteiger partial charge in [0.25, 0.3) is 0 Å². The molecule has 1 N–H and O–H groups in total. The van der Waals surface area contributed by atoms with E-state index < -0.39 is 16.0 Å². The van der Waals surface area contributed by atoms with E-state index in [0.717, 1.165) is 0 Å². The number of halogens is 1. The third-order valence-corrected chi connectivity index (χ3v) is 1.86. The lowest BCUT2D eigenvalue weighted by molar-refractivity contribution is 0.216. The van der Waals surface area contributed by atoms with Gasteiger partial charge in [0.15, 0.2) is 0 Å². The molecule has 1 aromatic carbocycles. The van der Waals surface area contributed by atoms with Gasteiger partial charge < -0.3 is 5.11 Å². The lowest BCUT2D eigenvalue weighted by Crippen LogP contribution is -1.94. The largest absolute Gasteiger partial charge is 0.394 e. The molecule has 0 aromatic heterocycles. The van der Waals surface area contributed by atoms with Gasteiger partial charge in [-0.1, -0.05) is 30.3 Å². The molecule has 3 nitrogen and oxygen atoms in total. The van der Waals surface area contributed by atoms with Gasteiger partial charge in [-0.25, -0.2) is 0 Å². The van der Waals surface area contributed by atoms with Crippen LogP contribution in [0.3, 0.4) is 0 Å². The molecule has 5 heteroatoms. The topological polar surface area (TPSA) is 54.4 Å². The average Bonchev–Trinajstić information content (AvgIpc) is 2.01. The van der Waals surface area contributed by atoms with Gasteiger partial charge in [-0.2, -0.15) is 8.42 Å². The molecule has 0 aliphatic carbocycles. The minimum Gasteiger partial charge on any atom is -0.394 e. The van der Waals surface area contributed by atoms with Crippen LogP contribution in [0.4, 0.5) is 3.89 Å². The van der Waals surface area contributed by atoms with Crippen molar-refractivity contribution in [1.29, 1.82) is 0 Å². The Morgan fingerprint density at radius 2 is 1.67 bits per heavy atom. The maximum absolute atomic E-state index is 12.0. The SMILES string of the molecule is CC(C)O.O=S(=O)(F)Cc1ccccc1. The van der Waals surface area contributed by atoms with Crippen molar-refractivity contribution in [2.24, 2.45) is 0 Å². The zero-order valence-corrected chi connectivity index (χ0v) is 9.54. The normalized spacial score (nSPS) is 10.7. The second-order valence-corrected chi connectivity index (χ2v) is 4.63. The van der Waals surface area contributed by atoms with E-state index in [1.165, 1.54) is 0 Å². The van der Waals surface area contributed by atoms with Crippen molar-refractivity contribution >= 4 is 10.2 Å². The summed E-state index contributed by atoms with van der Waals surface area (Å²) in [6.45, 7) is 3.44. The van der Waals surface area contributed by atoms with Crippen molar-refractivity contribution in [3.8, 4) is 0 Å². The van der Waals surface area contributed by atoms with Crippen LogP contribution >= 0.6 is 0 Å². The molecule has 0 bridgehead atoms. The molecule has 0 spiro atoms. The quantitative estimate of drug-likeness (QED) is 0.795. The van der Waals surface area contributed by atoms with E-state index in [1.807, 2.05) is 0 Å². The van der Waals surface area contributed by atoms with Gasteiger partial charge in [0.2, 0.25) is 0 Å². The van der Waals surface area contributed by atoms with Crippen LogP contribution in [0.5, 0.6) is 0 Å². The van der Waals surface area contributed by atoms with E-state index in [-0.39, 0.29) is 6.10 Å². The number of hydrogen-bond donors (Lipinski definition) is 1. The van der Waals surface area contributed by atoms with Gasteiger partial charge in [0.05, 0.1) is 0 Å². The molecular weight excluding hydrogens is 219 g/mol. The summed E-state index contributed by atoms with van der Waals surface area (Å²) in [7, 11) is -4.38. The van der Waals surface area contributed by atoms with E-state index in [4.69, 9.17) is 5.11 Å². The second-order valence-electron chi connectivity index (χ2n) is 3.26. The molecule has 0 saturated heterocycles. The lowest BCUT2D eigenvalue weighted by atomic mass is 10.2. The van der Waals surface area contributed by atoms with Crippen molar-refractivity contribution in [3.63, 3.8) is 0 Å². The van der Waals surface area contributed by atoms with Crippen molar-refractivity contribution in [2.75, 3.05) is 0 Å². The minimum absolute atomic E-state index is 0.167. The summed E-state index contributed by atoms with van der Waals surface area (Å²) in [6, 6.07) is 8.21. The first-order valence-corrected chi connectivity index (χ1v) is 6.01. The van der Waals surface area contributed by atoms with E-state index in [9.17, 15) is 12.3 Å². The Labute approximate surface area is 89.8 Å². The fraction of sp³-hybridized carbons (Fsp3) is 0.400. The average molecular weight is 234 g/mol. The molecule has 0 radical (unpaired) electrons. The Kier molecular flexibility index (Phi) is 6.12. The predicted molar refractivity (Wildman–Crippen MR) is 57.5 cm³/mol. The maximum Gasteiger partial charge on any atom is 0.306 e.